The molecule has 0 unspecified atom stereocenters. The van der Waals surface area contributed by atoms with Crippen LogP contribution in [-0.2, 0) is 21.2 Å². The maximum absolute atomic E-state index is 12.5. The van der Waals surface area contributed by atoms with Crippen molar-refractivity contribution in [3.8, 4) is 0 Å². The van der Waals surface area contributed by atoms with E-state index in [4.69, 9.17) is 11.6 Å². The van der Waals surface area contributed by atoms with Gasteiger partial charge in [-0.25, -0.2) is 8.42 Å². The van der Waals surface area contributed by atoms with Crippen molar-refractivity contribution in [3.05, 3.63) is 47.1 Å². The van der Waals surface area contributed by atoms with E-state index in [-0.39, 0.29) is 12.3 Å². The largest absolute Gasteiger partial charge is 0.352 e. The quantitative estimate of drug-likeness (QED) is 0.801. The lowest BCUT2D eigenvalue weighted by atomic mass is 10.1. The maximum Gasteiger partial charge on any atom is 0.229 e. The number of amides is 1. The van der Waals surface area contributed by atoms with Gasteiger partial charge in [0.05, 0.1) is 12.7 Å². The van der Waals surface area contributed by atoms with Gasteiger partial charge in [0.1, 0.15) is 0 Å². The molecule has 2 heterocycles. The summed E-state index contributed by atoms with van der Waals surface area (Å²) < 4.78 is 24.9. The summed E-state index contributed by atoms with van der Waals surface area (Å²) >= 11 is 5.75. The summed E-state index contributed by atoms with van der Waals surface area (Å²) in [7, 11) is -3.31. The van der Waals surface area contributed by atoms with Gasteiger partial charge in [-0.1, -0.05) is 23.7 Å². The van der Waals surface area contributed by atoms with Crippen LogP contribution in [0.2, 0.25) is 5.15 Å². The summed E-state index contributed by atoms with van der Waals surface area (Å²) in [5.41, 5.74) is 1.32. The van der Waals surface area contributed by atoms with Crippen LogP contribution < -0.4 is 9.62 Å². The Bertz CT molecular complexity index is 895. The number of nitrogens with zero attached hydrogens (tertiary/aromatic N) is 4. The number of carbonyl (C=O) groups excluding carboxylic acids is 1. The molecule has 144 valence electrons. The zero-order valence-corrected chi connectivity index (χ0v) is 16.4. The van der Waals surface area contributed by atoms with Crippen molar-refractivity contribution >= 4 is 39.0 Å². The number of aromatic nitrogens is 2. The number of sulfonamides is 1. The number of benzene rings is 1. The highest BCUT2D eigenvalue weighted by Gasteiger charge is 2.22. The molecule has 0 saturated carbocycles. The van der Waals surface area contributed by atoms with Gasteiger partial charge in [-0.3, -0.25) is 9.52 Å². The molecule has 1 saturated heterocycles. The second-order valence-electron chi connectivity index (χ2n) is 6.33. The van der Waals surface area contributed by atoms with Gasteiger partial charge in [-0.05, 0) is 29.8 Å². The highest BCUT2D eigenvalue weighted by atomic mass is 35.5. The van der Waals surface area contributed by atoms with Crippen molar-refractivity contribution in [2.24, 2.45) is 0 Å². The van der Waals surface area contributed by atoms with E-state index < -0.39 is 10.0 Å². The predicted molar refractivity (Wildman–Crippen MR) is 104 cm³/mol. The van der Waals surface area contributed by atoms with Crippen molar-refractivity contribution in [1.29, 1.82) is 0 Å². The Labute approximate surface area is 163 Å². The average Bonchev–Trinajstić information content (AvgIpc) is 2.63. The summed E-state index contributed by atoms with van der Waals surface area (Å²) in [6.45, 7) is 2.58. The molecule has 1 amide bonds. The standard InChI is InChI=1S/C17H20ClN5O3S/c1-27(25,26)21-14-4-2-13(3-5-14)12-17(24)23-10-8-22(9-11-23)16-7-6-15(18)19-20-16/h2-7,21H,8-12H2,1H3. The van der Waals surface area contributed by atoms with Gasteiger partial charge in [0.25, 0.3) is 0 Å². The molecule has 0 aliphatic carbocycles. The first-order valence-electron chi connectivity index (χ1n) is 8.39. The van der Waals surface area contributed by atoms with Crippen molar-refractivity contribution in [2.75, 3.05) is 42.1 Å². The summed E-state index contributed by atoms with van der Waals surface area (Å²) in [6, 6.07) is 10.3. The molecule has 1 aliphatic heterocycles. The van der Waals surface area contributed by atoms with E-state index in [1.165, 1.54) is 0 Å². The lowest BCUT2D eigenvalue weighted by molar-refractivity contribution is -0.130. The molecule has 0 atom stereocenters. The van der Waals surface area contributed by atoms with Crippen LogP contribution in [0, 0.1) is 0 Å². The molecule has 1 aromatic heterocycles. The SMILES string of the molecule is CS(=O)(=O)Nc1ccc(CC(=O)N2CCN(c3ccc(Cl)nn3)CC2)cc1. The molecule has 3 rings (SSSR count). The third-order valence-electron chi connectivity index (χ3n) is 4.19. The number of piperazine rings is 1. The molecule has 0 radical (unpaired) electrons. The highest BCUT2D eigenvalue weighted by Crippen LogP contribution is 2.16. The predicted octanol–water partition coefficient (Wildman–Crippen LogP) is 1.39. The molecule has 2 aromatic rings. The fraction of sp³-hybridized carbons (Fsp3) is 0.353. The van der Waals surface area contributed by atoms with Crippen molar-refractivity contribution in [1.82, 2.24) is 15.1 Å². The number of hydrogen-bond donors (Lipinski definition) is 1. The fourth-order valence-corrected chi connectivity index (χ4v) is 3.52. The smallest absolute Gasteiger partial charge is 0.229 e. The summed E-state index contributed by atoms with van der Waals surface area (Å²) in [4.78, 5) is 16.4. The topological polar surface area (TPSA) is 95.5 Å². The van der Waals surface area contributed by atoms with Gasteiger partial charge in [-0.15, -0.1) is 10.2 Å². The first kappa shape index (κ1) is 19.4. The summed E-state index contributed by atoms with van der Waals surface area (Å²) in [6.07, 6.45) is 1.37. The van der Waals surface area contributed by atoms with Gasteiger partial charge < -0.3 is 9.80 Å². The molecule has 1 aromatic carbocycles. The Hall–Kier alpha value is -2.39. The molecule has 1 N–H and O–H groups in total. The lowest BCUT2D eigenvalue weighted by Gasteiger charge is -2.35. The minimum atomic E-state index is -3.31. The number of anilines is 2. The number of nitrogens with one attached hydrogen (secondary N) is 1. The third-order valence-corrected chi connectivity index (χ3v) is 4.99. The Kier molecular flexibility index (Phi) is 5.81. The summed E-state index contributed by atoms with van der Waals surface area (Å²) in [5, 5.41) is 8.26. The third kappa shape index (κ3) is 5.54. The van der Waals surface area contributed by atoms with Crippen LogP contribution in [0.15, 0.2) is 36.4 Å². The van der Waals surface area contributed by atoms with Crippen LogP contribution in [0.5, 0.6) is 0 Å². The molecule has 0 spiro atoms. The van der Waals surface area contributed by atoms with E-state index in [1.807, 2.05) is 11.0 Å². The highest BCUT2D eigenvalue weighted by molar-refractivity contribution is 7.92. The molecule has 1 aliphatic rings. The molecule has 0 bridgehead atoms. The van der Waals surface area contributed by atoms with Crippen LogP contribution in [0.1, 0.15) is 5.56 Å². The fourth-order valence-electron chi connectivity index (χ4n) is 2.85. The van der Waals surface area contributed by atoms with Crippen molar-refractivity contribution in [2.45, 2.75) is 6.42 Å². The monoisotopic (exact) mass is 409 g/mol. The van der Waals surface area contributed by atoms with Crippen LogP contribution in [0.4, 0.5) is 11.5 Å². The van der Waals surface area contributed by atoms with Gasteiger partial charge in [0.2, 0.25) is 15.9 Å². The molecule has 8 nitrogen and oxygen atoms in total. The van der Waals surface area contributed by atoms with Crippen molar-refractivity contribution < 1.29 is 13.2 Å². The molecular weight excluding hydrogens is 390 g/mol. The molecule has 10 heteroatoms. The van der Waals surface area contributed by atoms with E-state index in [1.54, 1.807) is 30.3 Å². The normalized spacial score (nSPS) is 14.9. The first-order chi connectivity index (χ1) is 12.8. The first-order valence-corrected chi connectivity index (χ1v) is 10.7. The summed E-state index contributed by atoms with van der Waals surface area (Å²) in [5.74, 6) is 0.793. The van der Waals surface area contributed by atoms with E-state index in [0.29, 0.717) is 37.0 Å². The maximum atomic E-state index is 12.5. The Morgan fingerprint density at radius 2 is 1.74 bits per heavy atom. The number of hydrogen-bond acceptors (Lipinski definition) is 6. The second kappa shape index (κ2) is 8.10. The number of rotatable bonds is 5. The minimum absolute atomic E-state index is 0.0423. The number of carbonyl (C=O) groups is 1. The Balaban J connectivity index is 1.53. The molecule has 1 fully saturated rings. The van der Waals surface area contributed by atoms with E-state index in [0.717, 1.165) is 17.6 Å². The second-order valence-corrected chi connectivity index (χ2v) is 8.47. The van der Waals surface area contributed by atoms with Crippen molar-refractivity contribution in [3.63, 3.8) is 0 Å². The number of halogens is 1. The molecular formula is C17H20ClN5O3S. The Morgan fingerprint density at radius 1 is 1.07 bits per heavy atom. The van der Waals surface area contributed by atoms with Gasteiger partial charge in [0.15, 0.2) is 11.0 Å². The van der Waals surface area contributed by atoms with E-state index in [9.17, 15) is 13.2 Å². The molecule has 27 heavy (non-hydrogen) atoms. The minimum Gasteiger partial charge on any atom is -0.352 e. The lowest BCUT2D eigenvalue weighted by Crippen LogP contribution is -2.49. The van der Waals surface area contributed by atoms with Crippen LogP contribution in [0.3, 0.4) is 0 Å². The van der Waals surface area contributed by atoms with Gasteiger partial charge >= 0.3 is 0 Å². The van der Waals surface area contributed by atoms with E-state index in [2.05, 4.69) is 19.8 Å². The van der Waals surface area contributed by atoms with Crippen LogP contribution in [0.25, 0.3) is 0 Å². The zero-order chi connectivity index (χ0) is 19.4. The van der Waals surface area contributed by atoms with Crippen LogP contribution in [-0.4, -0.2) is 61.9 Å². The van der Waals surface area contributed by atoms with Gasteiger partial charge in [-0.2, -0.15) is 0 Å². The Morgan fingerprint density at radius 3 is 2.30 bits per heavy atom. The zero-order valence-electron chi connectivity index (χ0n) is 14.8. The average molecular weight is 410 g/mol. The van der Waals surface area contributed by atoms with Gasteiger partial charge in [0, 0.05) is 31.9 Å². The van der Waals surface area contributed by atoms with Crippen LogP contribution >= 0.6 is 11.6 Å². The van der Waals surface area contributed by atoms with E-state index >= 15 is 0 Å².